The summed E-state index contributed by atoms with van der Waals surface area (Å²) in [6.07, 6.45) is 13.5. The van der Waals surface area contributed by atoms with Crippen molar-refractivity contribution in [3.8, 4) is 11.5 Å². The lowest BCUT2D eigenvalue weighted by molar-refractivity contribution is -0.138. The maximum absolute atomic E-state index is 11.0. The minimum absolute atomic E-state index is 0.376. The van der Waals surface area contributed by atoms with Crippen LogP contribution in [0.4, 0.5) is 0 Å². The molecule has 0 aromatic heterocycles. The number of unbranched alkanes of at least 4 members (excludes halogenated alkanes) is 2. The van der Waals surface area contributed by atoms with Crippen LogP contribution in [-0.4, -0.2) is 38.4 Å². The van der Waals surface area contributed by atoms with Crippen LogP contribution in [0.15, 0.2) is 86.0 Å². The first kappa shape index (κ1) is 28.2. The molecule has 0 aliphatic rings. The summed E-state index contributed by atoms with van der Waals surface area (Å²) in [5.74, 6) is 0.827. The molecule has 190 valence electrons. The monoisotopic (exact) mass is 490 g/mol. The van der Waals surface area contributed by atoms with Gasteiger partial charge in [-0.15, -0.1) is 0 Å². The third-order valence-electron chi connectivity index (χ3n) is 4.89. The second-order valence-electron chi connectivity index (χ2n) is 7.71. The van der Waals surface area contributed by atoms with Gasteiger partial charge in [0.1, 0.15) is 11.5 Å². The van der Waals surface area contributed by atoms with Gasteiger partial charge in [-0.3, -0.25) is 0 Å². The van der Waals surface area contributed by atoms with Crippen LogP contribution in [-0.2, 0) is 19.1 Å². The highest BCUT2D eigenvalue weighted by Crippen LogP contribution is 2.15. The molecular weight excluding hydrogens is 456 g/mol. The molecule has 0 saturated heterocycles. The highest BCUT2D eigenvalue weighted by molar-refractivity contribution is 5.81. The second kappa shape index (κ2) is 17.4. The van der Waals surface area contributed by atoms with Crippen molar-refractivity contribution < 1.29 is 28.5 Å². The predicted molar refractivity (Wildman–Crippen MR) is 143 cm³/mol. The van der Waals surface area contributed by atoms with Gasteiger partial charge in [-0.1, -0.05) is 61.7 Å². The quantitative estimate of drug-likeness (QED) is 0.114. The Morgan fingerprint density at radius 1 is 0.583 bits per heavy atom. The normalized spacial score (nSPS) is 10.8. The molecule has 0 radical (unpaired) electrons. The van der Waals surface area contributed by atoms with Crippen LogP contribution in [0.5, 0.6) is 11.5 Å². The van der Waals surface area contributed by atoms with Gasteiger partial charge in [0.15, 0.2) is 0 Å². The maximum Gasteiger partial charge on any atom is 0.330 e. The van der Waals surface area contributed by atoms with Gasteiger partial charge in [0.25, 0.3) is 0 Å². The van der Waals surface area contributed by atoms with E-state index in [0.29, 0.717) is 26.4 Å². The first-order chi connectivity index (χ1) is 17.6. The number of ether oxygens (including phenoxy) is 4. The molecule has 0 saturated carbocycles. The minimum Gasteiger partial charge on any atom is -0.494 e. The first-order valence-corrected chi connectivity index (χ1v) is 12.0. The van der Waals surface area contributed by atoms with Crippen LogP contribution in [0.1, 0.15) is 36.8 Å². The lowest BCUT2D eigenvalue weighted by atomic mass is 10.1. The highest BCUT2D eigenvalue weighted by atomic mass is 16.5. The lowest BCUT2D eigenvalue weighted by Crippen LogP contribution is -2.04. The summed E-state index contributed by atoms with van der Waals surface area (Å²) in [6.45, 7) is 8.61. The number of hydrogen-bond donors (Lipinski definition) is 0. The zero-order valence-corrected chi connectivity index (χ0v) is 20.6. The number of benzene rings is 2. The third-order valence-corrected chi connectivity index (χ3v) is 4.89. The molecule has 0 amide bonds. The first-order valence-electron chi connectivity index (χ1n) is 12.0. The molecule has 0 fully saturated rings. The fourth-order valence-electron chi connectivity index (χ4n) is 2.94. The Bertz CT molecular complexity index is 919. The third kappa shape index (κ3) is 12.4. The maximum atomic E-state index is 11.0. The van der Waals surface area contributed by atoms with E-state index in [1.807, 2.05) is 72.8 Å². The number of hydrogen-bond acceptors (Lipinski definition) is 6. The molecule has 2 rings (SSSR count). The second-order valence-corrected chi connectivity index (χ2v) is 7.71. The molecule has 0 unspecified atom stereocenters. The van der Waals surface area contributed by atoms with E-state index in [0.717, 1.165) is 60.5 Å². The molecule has 0 bridgehead atoms. The van der Waals surface area contributed by atoms with Crippen LogP contribution < -0.4 is 9.47 Å². The molecule has 0 aliphatic heterocycles. The van der Waals surface area contributed by atoms with Crippen molar-refractivity contribution in [1.29, 1.82) is 0 Å². The van der Waals surface area contributed by atoms with Gasteiger partial charge >= 0.3 is 11.9 Å². The number of rotatable bonds is 17. The Morgan fingerprint density at radius 2 is 0.944 bits per heavy atom. The predicted octanol–water partition coefficient (Wildman–Crippen LogP) is 6.19. The molecule has 0 atom stereocenters. The Hall–Kier alpha value is -4.06. The van der Waals surface area contributed by atoms with Gasteiger partial charge in [-0.25, -0.2) is 9.59 Å². The fraction of sp³-hybridized carbons (Fsp3) is 0.267. The van der Waals surface area contributed by atoms with Crippen LogP contribution in [0.3, 0.4) is 0 Å². The van der Waals surface area contributed by atoms with Gasteiger partial charge in [0.05, 0.1) is 26.4 Å². The zero-order chi connectivity index (χ0) is 25.8. The van der Waals surface area contributed by atoms with Crippen molar-refractivity contribution in [2.75, 3.05) is 26.4 Å². The Labute approximate surface area is 213 Å². The van der Waals surface area contributed by atoms with Crippen LogP contribution in [0.25, 0.3) is 12.2 Å². The summed E-state index contributed by atoms with van der Waals surface area (Å²) < 4.78 is 21.3. The van der Waals surface area contributed by atoms with Crippen molar-refractivity contribution in [3.05, 3.63) is 97.1 Å². The van der Waals surface area contributed by atoms with Gasteiger partial charge in [-0.05, 0) is 61.1 Å². The van der Waals surface area contributed by atoms with Gasteiger partial charge < -0.3 is 18.9 Å². The van der Waals surface area contributed by atoms with Crippen molar-refractivity contribution >= 4 is 24.1 Å². The van der Waals surface area contributed by atoms with E-state index in [-0.39, 0.29) is 0 Å². The average molecular weight is 491 g/mol. The molecule has 0 aliphatic carbocycles. The van der Waals surface area contributed by atoms with Crippen LogP contribution in [0.2, 0.25) is 0 Å². The molecular formula is C30H34O6. The highest BCUT2D eigenvalue weighted by Gasteiger charge is 1.98. The van der Waals surface area contributed by atoms with Gasteiger partial charge in [0.2, 0.25) is 0 Å². The molecule has 2 aromatic carbocycles. The van der Waals surface area contributed by atoms with E-state index < -0.39 is 11.9 Å². The molecule has 0 spiro atoms. The van der Waals surface area contributed by atoms with E-state index >= 15 is 0 Å². The smallest absolute Gasteiger partial charge is 0.330 e. The molecule has 0 N–H and O–H groups in total. The topological polar surface area (TPSA) is 71.1 Å². The summed E-state index contributed by atoms with van der Waals surface area (Å²) in [7, 11) is 0. The van der Waals surface area contributed by atoms with Crippen molar-refractivity contribution in [1.82, 2.24) is 0 Å². The van der Waals surface area contributed by atoms with Gasteiger partial charge in [-0.2, -0.15) is 0 Å². The van der Waals surface area contributed by atoms with Crippen LogP contribution >= 0.6 is 0 Å². The van der Waals surface area contributed by atoms with E-state index in [1.165, 1.54) is 0 Å². The van der Waals surface area contributed by atoms with Crippen molar-refractivity contribution in [2.24, 2.45) is 0 Å². The Kier molecular flexibility index (Phi) is 13.6. The van der Waals surface area contributed by atoms with E-state index in [9.17, 15) is 9.59 Å². The summed E-state index contributed by atoms with van der Waals surface area (Å²) in [5.41, 5.74) is 2.15. The van der Waals surface area contributed by atoms with E-state index in [2.05, 4.69) is 13.2 Å². The summed E-state index contributed by atoms with van der Waals surface area (Å²) in [5, 5.41) is 0. The number of carbonyl (C=O) groups excluding carboxylic acids is 2. The van der Waals surface area contributed by atoms with Crippen molar-refractivity contribution in [2.45, 2.75) is 25.7 Å². The van der Waals surface area contributed by atoms with Crippen LogP contribution in [0, 0.1) is 0 Å². The zero-order valence-electron chi connectivity index (χ0n) is 20.6. The van der Waals surface area contributed by atoms with E-state index in [4.69, 9.17) is 18.9 Å². The molecule has 0 heterocycles. The number of carbonyl (C=O) groups is 2. The Balaban J connectivity index is 1.63. The molecule has 36 heavy (non-hydrogen) atoms. The largest absolute Gasteiger partial charge is 0.494 e. The fourth-order valence-corrected chi connectivity index (χ4v) is 2.94. The SMILES string of the molecule is C=CC(=O)OCCCCOc1ccc(/C=C/C=C/c2ccc(OCCCCOC(=O)C=C)cc2)cc1. The summed E-state index contributed by atoms with van der Waals surface area (Å²) >= 11 is 0. The van der Waals surface area contributed by atoms with Crippen molar-refractivity contribution in [3.63, 3.8) is 0 Å². The lowest BCUT2D eigenvalue weighted by Gasteiger charge is -2.06. The summed E-state index contributed by atoms with van der Waals surface area (Å²) in [6, 6.07) is 15.8. The molecule has 2 aromatic rings. The standard InChI is InChI=1S/C30H34O6/c1-3-29(31)35-23-9-7-21-33-27-17-13-25(14-18-27)11-5-6-12-26-15-19-28(20-16-26)34-22-8-10-24-36-30(32)4-2/h3-6,11-20H,1-2,7-10,21-24H2/b11-5+,12-6+. The molecule has 6 nitrogen and oxygen atoms in total. The summed E-state index contributed by atoms with van der Waals surface area (Å²) in [4.78, 5) is 21.9. The average Bonchev–Trinajstić information content (AvgIpc) is 2.91. The van der Waals surface area contributed by atoms with E-state index in [1.54, 1.807) is 0 Å². The molecule has 6 heteroatoms. The Morgan fingerprint density at radius 3 is 1.31 bits per heavy atom. The van der Waals surface area contributed by atoms with Gasteiger partial charge in [0, 0.05) is 12.2 Å². The number of esters is 2. The number of allylic oxidation sites excluding steroid dienone is 2. The minimum atomic E-state index is -0.396.